The monoisotopic (exact) mass is 300 g/mol. The van der Waals surface area contributed by atoms with Gasteiger partial charge in [0.1, 0.15) is 6.54 Å². The molecule has 1 atom stereocenters. The number of rotatable bonds is 8. The van der Waals surface area contributed by atoms with Crippen LogP contribution in [0, 0.1) is 5.92 Å². The van der Waals surface area contributed by atoms with E-state index in [2.05, 4.69) is 5.32 Å². The van der Waals surface area contributed by atoms with E-state index in [1.54, 1.807) is 0 Å². The lowest BCUT2D eigenvalue weighted by Crippen LogP contribution is -2.46. The van der Waals surface area contributed by atoms with Crippen molar-refractivity contribution < 1.29 is 33.0 Å². The van der Waals surface area contributed by atoms with Crippen molar-refractivity contribution in [3.8, 4) is 0 Å². The summed E-state index contributed by atoms with van der Waals surface area (Å²) in [7, 11) is 0. The Morgan fingerprint density at radius 2 is 1.95 bits per heavy atom. The highest BCUT2D eigenvalue weighted by Crippen LogP contribution is 2.16. The molecule has 0 saturated heterocycles. The van der Waals surface area contributed by atoms with Crippen LogP contribution in [0.1, 0.15) is 19.8 Å². The Hall–Kier alpha value is -1.51. The highest BCUT2D eigenvalue weighted by molar-refractivity contribution is 5.74. The summed E-state index contributed by atoms with van der Waals surface area (Å²) in [4.78, 5) is 22.5. The van der Waals surface area contributed by atoms with E-state index in [0.717, 1.165) is 0 Å². The van der Waals surface area contributed by atoms with Gasteiger partial charge in [-0.25, -0.2) is 4.79 Å². The number of aliphatic hydroxyl groups excluding tert-OH is 1. The Bertz CT molecular complexity index is 323. The van der Waals surface area contributed by atoms with Crippen LogP contribution in [0.15, 0.2) is 0 Å². The lowest BCUT2D eigenvalue weighted by atomic mass is 10.1. The molecule has 9 heteroatoms. The largest absolute Gasteiger partial charge is 0.481 e. The van der Waals surface area contributed by atoms with Gasteiger partial charge in [0, 0.05) is 13.1 Å². The molecular weight excluding hydrogens is 281 g/mol. The number of carbonyl (C=O) groups excluding carboxylic acids is 1. The maximum absolute atomic E-state index is 12.2. The number of nitrogens with zero attached hydrogens (tertiary/aromatic N) is 1. The maximum atomic E-state index is 12.2. The highest BCUT2D eigenvalue weighted by atomic mass is 19.4. The lowest BCUT2D eigenvalue weighted by molar-refractivity contribution is -0.142. The van der Waals surface area contributed by atoms with Crippen molar-refractivity contribution in [2.75, 3.05) is 26.2 Å². The Labute approximate surface area is 114 Å². The number of urea groups is 1. The minimum Gasteiger partial charge on any atom is -0.481 e. The maximum Gasteiger partial charge on any atom is 0.406 e. The molecule has 0 rings (SSSR count). The van der Waals surface area contributed by atoms with Gasteiger partial charge in [0.25, 0.3) is 0 Å². The van der Waals surface area contributed by atoms with Gasteiger partial charge in [-0.3, -0.25) is 4.79 Å². The van der Waals surface area contributed by atoms with Crippen LogP contribution in [0.4, 0.5) is 18.0 Å². The SMILES string of the molecule is CC(CCCNC(=O)N(CCO)CC(F)(F)F)C(=O)O. The summed E-state index contributed by atoms with van der Waals surface area (Å²) >= 11 is 0. The minimum atomic E-state index is -4.54. The zero-order chi connectivity index (χ0) is 15.8. The molecule has 3 N–H and O–H groups in total. The van der Waals surface area contributed by atoms with Crippen LogP contribution in [0.3, 0.4) is 0 Å². The van der Waals surface area contributed by atoms with Crippen molar-refractivity contribution in [2.45, 2.75) is 25.9 Å². The highest BCUT2D eigenvalue weighted by Gasteiger charge is 2.32. The van der Waals surface area contributed by atoms with Crippen molar-refractivity contribution in [3.63, 3.8) is 0 Å². The molecule has 0 aliphatic rings. The number of aliphatic carboxylic acids is 1. The molecule has 0 aromatic carbocycles. The normalized spacial score (nSPS) is 12.8. The van der Waals surface area contributed by atoms with Crippen LogP contribution in [-0.2, 0) is 4.79 Å². The topological polar surface area (TPSA) is 89.9 Å². The third kappa shape index (κ3) is 8.57. The lowest BCUT2D eigenvalue weighted by Gasteiger charge is -2.23. The van der Waals surface area contributed by atoms with Gasteiger partial charge in [0.05, 0.1) is 12.5 Å². The third-order valence-corrected chi connectivity index (χ3v) is 2.54. The predicted molar refractivity (Wildman–Crippen MR) is 64.1 cm³/mol. The Kier molecular flexibility index (Phi) is 7.97. The molecule has 0 radical (unpaired) electrons. The molecule has 0 aliphatic carbocycles. The summed E-state index contributed by atoms with van der Waals surface area (Å²) in [6, 6.07) is -0.931. The van der Waals surface area contributed by atoms with Gasteiger partial charge in [0.2, 0.25) is 0 Å². The summed E-state index contributed by atoms with van der Waals surface area (Å²) < 4.78 is 36.6. The fourth-order valence-electron chi connectivity index (χ4n) is 1.43. The fourth-order valence-corrected chi connectivity index (χ4v) is 1.43. The van der Waals surface area contributed by atoms with Crippen LogP contribution in [0.5, 0.6) is 0 Å². The van der Waals surface area contributed by atoms with E-state index in [0.29, 0.717) is 17.7 Å². The van der Waals surface area contributed by atoms with Crippen LogP contribution in [-0.4, -0.2) is 59.5 Å². The summed E-state index contributed by atoms with van der Waals surface area (Å²) in [5, 5.41) is 19.5. The molecule has 0 saturated carbocycles. The van der Waals surface area contributed by atoms with E-state index in [1.807, 2.05) is 0 Å². The second kappa shape index (κ2) is 8.62. The number of carboxylic acids is 1. The van der Waals surface area contributed by atoms with Crippen molar-refractivity contribution >= 4 is 12.0 Å². The quantitative estimate of drug-likeness (QED) is 0.585. The molecule has 0 aliphatic heterocycles. The first-order valence-electron chi connectivity index (χ1n) is 6.10. The number of aliphatic hydroxyl groups is 1. The first kappa shape index (κ1) is 18.5. The first-order chi connectivity index (χ1) is 9.17. The van der Waals surface area contributed by atoms with E-state index in [1.165, 1.54) is 6.92 Å². The number of amides is 2. The van der Waals surface area contributed by atoms with E-state index in [9.17, 15) is 22.8 Å². The number of carbonyl (C=O) groups is 2. The molecule has 0 spiro atoms. The number of alkyl halides is 3. The molecule has 0 aromatic heterocycles. The molecule has 1 unspecified atom stereocenters. The van der Waals surface area contributed by atoms with Crippen LogP contribution < -0.4 is 5.32 Å². The Balaban J connectivity index is 4.11. The van der Waals surface area contributed by atoms with Crippen molar-refractivity contribution in [3.05, 3.63) is 0 Å². The first-order valence-corrected chi connectivity index (χ1v) is 6.10. The summed E-state index contributed by atoms with van der Waals surface area (Å²) in [6.07, 6.45) is -3.88. The standard InChI is InChI=1S/C11H19F3N2O4/c1-8(9(18)19)3-2-4-15-10(20)16(5-6-17)7-11(12,13)14/h8,17H,2-7H2,1H3,(H,15,20)(H,18,19). The van der Waals surface area contributed by atoms with Crippen LogP contribution >= 0.6 is 0 Å². The summed E-state index contributed by atoms with van der Waals surface area (Å²) in [5.41, 5.74) is 0. The predicted octanol–water partition coefficient (Wildman–Crippen LogP) is 1.05. The summed E-state index contributed by atoms with van der Waals surface area (Å²) in [5.74, 6) is -1.54. The Morgan fingerprint density at radius 3 is 2.40 bits per heavy atom. The van der Waals surface area contributed by atoms with Crippen LogP contribution in [0.25, 0.3) is 0 Å². The zero-order valence-corrected chi connectivity index (χ0v) is 11.1. The van der Waals surface area contributed by atoms with Gasteiger partial charge in [-0.05, 0) is 12.8 Å². The molecule has 0 heterocycles. The second-order valence-electron chi connectivity index (χ2n) is 4.37. The van der Waals surface area contributed by atoms with Crippen molar-refractivity contribution in [1.82, 2.24) is 10.2 Å². The van der Waals surface area contributed by atoms with Gasteiger partial charge < -0.3 is 20.4 Å². The van der Waals surface area contributed by atoms with E-state index in [4.69, 9.17) is 10.2 Å². The van der Waals surface area contributed by atoms with Crippen molar-refractivity contribution in [1.29, 1.82) is 0 Å². The van der Waals surface area contributed by atoms with E-state index >= 15 is 0 Å². The second-order valence-corrected chi connectivity index (χ2v) is 4.37. The molecule has 0 bridgehead atoms. The zero-order valence-electron chi connectivity index (χ0n) is 11.1. The van der Waals surface area contributed by atoms with Gasteiger partial charge in [-0.2, -0.15) is 13.2 Å². The number of hydrogen-bond donors (Lipinski definition) is 3. The number of nitrogens with one attached hydrogen (secondary N) is 1. The molecule has 118 valence electrons. The van der Waals surface area contributed by atoms with Gasteiger partial charge in [-0.1, -0.05) is 6.92 Å². The molecule has 2 amide bonds. The number of carboxylic acid groups (broad SMARTS) is 1. The average molecular weight is 300 g/mol. The molecule has 0 fully saturated rings. The molecule has 0 aromatic rings. The van der Waals surface area contributed by atoms with Crippen LogP contribution in [0.2, 0.25) is 0 Å². The summed E-state index contributed by atoms with van der Waals surface area (Å²) in [6.45, 7) is -0.844. The average Bonchev–Trinajstić information content (AvgIpc) is 2.31. The van der Waals surface area contributed by atoms with E-state index in [-0.39, 0.29) is 6.54 Å². The molecule has 20 heavy (non-hydrogen) atoms. The minimum absolute atomic E-state index is 0.0796. The van der Waals surface area contributed by atoms with Gasteiger partial charge in [0.15, 0.2) is 0 Å². The van der Waals surface area contributed by atoms with E-state index < -0.39 is 43.8 Å². The molecule has 6 nitrogen and oxygen atoms in total. The van der Waals surface area contributed by atoms with Gasteiger partial charge in [-0.15, -0.1) is 0 Å². The number of hydrogen-bond acceptors (Lipinski definition) is 3. The smallest absolute Gasteiger partial charge is 0.406 e. The number of halogens is 3. The van der Waals surface area contributed by atoms with Crippen molar-refractivity contribution in [2.24, 2.45) is 5.92 Å². The molecular formula is C11H19F3N2O4. The third-order valence-electron chi connectivity index (χ3n) is 2.54. The van der Waals surface area contributed by atoms with Gasteiger partial charge >= 0.3 is 18.2 Å². The fraction of sp³-hybridized carbons (Fsp3) is 0.818. The Morgan fingerprint density at radius 1 is 1.35 bits per heavy atom.